The zero-order valence-corrected chi connectivity index (χ0v) is 14.2. The number of carbonyl (C=O) groups is 2. The number of Topliss-reactive ketones (excluding diaryl/α,β-unsaturated/α-hetero) is 1. The number of benzene rings is 1. The molecule has 0 heterocycles. The molecule has 4 rings (SSSR count). The lowest BCUT2D eigenvalue weighted by Crippen LogP contribution is -2.45. The van der Waals surface area contributed by atoms with E-state index in [1.54, 1.807) is 12.1 Å². The van der Waals surface area contributed by atoms with Crippen LogP contribution in [0.5, 0.6) is 5.75 Å². The van der Waals surface area contributed by atoms with Crippen molar-refractivity contribution in [3.05, 3.63) is 29.3 Å². The van der Waals surface area contributed by atoms with Gasteiger partial charge in [0, 0.05) is 24.3 Å². The molecule has 24 heavy (non-hydrogen) atoms. The fraction of sp³-hybridized carbons (Fsp3) is 0.600. The molecule has 0 spiro atoms. The second kappa shape index (κ2) is 5.33. The molecule has 5 atom stereocenters. The first-order chi connectivity index (χ1) is 11.4. The molecule has 0 aliphatic heterocycles. The summed E-state index contributed by atoms with van der Waals surface area (Å²) in [5.41, 5.74) is 1.79. The minimum atomic E-state index is -0.204. The highest BCUT2D eigenvalue weighted by Crippen LogP contribution is 2.61. The van der Waals surface area contributed by atoms with E-state index in [9.17, 15) is 14.7 Å². The predicted octanol–water partition coefficient (Wildman–Crippen LogP) is 3.82. The van der Waals surface area contributed by atoms with Crippen LogP contribution in [-0.2, 0) is 9.53 Å². The van der Waals surface area contributed by atoms with Crippen LogP contribution in [0.25, 0.3) is 0 Å². The van der Waals surface area contributed by atoms with E-state index in [0.717, 1.165) is 31.2 Å². The molecular weight excluding hydrogens is 304 g/mol. The minimum Gasteiger partial charge on any atom is -0.508 e. The normalized spacial score (nSPS) is 37.3. The van der Waals surface area contributed by atoms with Gasteiger partial charge in [-0.25, -0.2) is 0 Å². The van der Waals surface area contributed by atoms with Crippen LogP contribution < -0.4 is 0 Å². The van der Waals surface area contributed by atoms with Crippen molar-refractivity contribution in [3.63, 3.8) is 0 Å². The first kappa shape index (κ1) is 15.7. The summed E-state index contributed by atoms with van der Waals surface area (Å²) in [5.74, 6) is 1.23. The van der Waals surface area contributed by atoms with E-state index in [2.05, 4.69) is 6.92 Å². The molecule has 0 saturated heterocycles. The molecule has 3 aliphatic carbocycles. The molecule has 2 fully saturated rings. The fourth-order valence-corrected chi connectivity index (χ4v) is 5.74. The maximum atomic E-state index is 12.6. The molecule has 0 radical (unpaired) electrons. The number of ether oxygens (including phenoxy) is 1. The van der Waals surface area contributed by atoms with Gasteiger partial charge in [0.1, 0.15) is 11.9 Å². The van der Waals surface area contributed by atoms with Crippen LogP contribution in [0.3, 0.4) is 0 Å². The fourth-order valence-electron chi connectivity index (χ4n) is 5.74. The average Bonchev–Trinajstić information content (AvgIpc) is 2.84. The Morgan fingerprint density at radius 3 is 2.83 bits per heavy atom. The highest BCUT2D eigenvalue weighted by Gasteiger charge is 2.56. The van der Waals surface area contributed by atoms with E-state index in [4.69, 9.17) is 4.74 Å². The summed E-state index contributed by atoms with van der Waals surface area (Å²) < 4.78 is 5.62. The summed E-state index contributed by atoms with van der Waals surface area (Å²) in [4.78, 5) is 24.1. The van der Waals surface area contributed by atoms with Gasteiger partial charge in [0.15, 0.2) is 5.78 Å². The van der Waals surface area contributed by atoms with Crippen molar-refractivity contribution in [3.8, 4) is 5.75 Å². The number of aromatic hydroxyl groups is 1. The molecule has 0 aromatic heterocycles. The van der Waals surface area contributed by atoms with Gasteiger partial charge < -0.3 is 9.84 Å². The van der Waals surface area contributed by atoms with Gasteiger partial charge in [-0.05, 0) is 61.1 Å². The van der Waals surface area contributed by atoms with Crippen LogP contribution in [0.2, 0.25) is 0 Å². The number of esters is 1. The van der Waals surface area contributed by atoms with E-state index in [1.165, 1.54) is 6.92 Å². The Labute approximate surface area is 142 Å². The van der Waals surface area contributed by atoms with Gasteiger partial charge in [-0.1, -0.05) is 13.0 Å². The van der Waals surface area contributed by atoms with Crippen LogP contribution in [0, 0.1) is 17.3 Å². The van der Waals surface area contributed by atoms with Crippen LogP contribution in [0.4, 0.5) is 0 Å². The molecule has 1 aromatic carbocycles. The zero-order chi connectivity index (χ0) is 17.1. The predicted molar refractivity (Wildman–Crippen MR) is 88.9 cm³/mol. The van der Waals surface area contributed by atoms with Crippen molar-refractivity contribution in [1.29, 1.82) is 0 Å². The summed E-state index contributed by atoms with van der Waals surface area (Å²) in [5, 5.41) is 9.71. The van der Waals surface area contributed by atoms with Crippen molar-refractivity contribution < 1.29 is 19.4 Å². The average molecular weight is 328 g/mol. The molecule has 1 N–H and O–H groups in total. The zero-order valence-electron chi connectivity index (χ0n) is 14.2. The quantitative estimate of drug-likeness (QED) is 0.796. The Bertz CT molecular complexity index is 710. The van der Waals surface area contributed by atoms with E-state index in [0.29, 0.717) is 29.7 Å². The van der Waals surface area contributed by atoms with Crippen molar-refractivity contribution >= 4 is 11.8 Å². The Morgan fingerprint density at radius 1 is 1.29 bits per heavy atom. The minimum absolute atomic E-state index is 0.0124. The standard InChI is InChI=1S/C20H24O4/c1-11(21)24-19-6-5-17-15-10-18(23)16-9-12(22)3-4-13(16)14(15)7-8-20(17,19)2/h3-4,9,14-15,17,19,22H,5-8,10H2,1-2H3/t14-,15-,17+,19+,20+/m1/s1. The molecule has 0 amide bonds. The van der Waals surface area contributed by atoms with Gasteiger partial charge in [0.2, 0.25) is 0 Å². The second-order valence-corrected chi connectivity index (χ2v) is 8.00. The molecule has 128 valence electrons. The van der Waals surface area contributed by atoms with Gasteiger partial charge in [0.25, 0.3) is 0 Å². The van der Waals surface area contributed by atoms with Crippen molar-refractivity contribution in [1.82, 2.24) is 0 Å². The highest BCUT2D eigenvalue weighted by molar-refractivity contribution is 5.99. The van der Waals surface area contributed by atoms with Crippen LogP contribution in [0.1, 0.15) is 67.8 Å². The summed E-state index contributed by atoms with van der Waals surface area (Å²) in [6.45, 7) is 3.72. The summed E-state index contributed by atoms with van der Waals surface area (Å²) in [6, 6.07) is 5.25. The number of hydrogen-bond donors (Lipinski definition) is 1. The molecule has 4 nitrogen and oxygen atoms in total. The highest BCUT2D eigenvalue weighted by atomic mass is 16.5. The molecule has 1 aromatic rings. The van der Waals surface area contributed by atoms with Crippen molar-refractivity contribution in [2.75, 3.05) is 0 Å². The lowest BCUT2D eigenvalue weighted by atomic mass is 9.55. The number of fused-ring (bicyclic) bond motifs is 5. The number of hydrogen-bond acceptors (Lipinski definition) is 4. The number of ketones is 1. The topological polar surface area (TPSA) is 63.6 Å². The third-order valence-electron chi connectivity index (χ3n) is 6.82. The number of phenols is 1. The summed E-state index contributed by atoms with van der Waals surface area (Å²) in [7, 11) is 0. The first-order valence-electron chi connectivity index (χ1n) is 8.93. The van der Waals surface area contributed by atoms with E-state index >= 15 is 0 Å². The van der Waals surface area contributed by atoms with Gasteiger partial charge in [-0.15, -0.1) is 0 Å². The van der Waals surface area contributed by atoms with Gasteiger partial charge in [-0.3, -0.25) is 9.59 Å². The van der Waals surface area contributed by atoms with Gasteiger partial charge >= 0.3 is 5.97 Å². The Morgan fingerprint density at radius 2 is 2.08 bits per heavy atom. The molecule has 3 aliphatic rings. The largest absolute Gasteiger partial charge is 0.508 e. The molecular formula is C20H24O4. The third-order valence-corrected chi connectivity index (χ3v) is 6.82. The molecule has 0 bridgehead atoms. The summed E-state index contributed by atoms with van der Waals surface area (Å²) >= 11 is 0. The van der Waals surface area contributed by atoms with Gasteiger partial charge in [-0.2, -0.15) is 0 Å². The maximum absolute atomic E-state index is 12.6. The SMILES string of the molecule is CC(=O)O[C@H]1CC[C@H]2[C@@H]3CC(=O)c4cc(O)ccc4[C@H]3CC[C@]12C. The molecule has 4 heteroatoms. The maximum Gasteiger partial charge on any atom is 0.302 e. The van der Waals surface area contributed by atoms with Crippen LogP contribution in [0.15, 0.2) is 18.2 Å². The molecule has 2 saturated carbocycles. The Hall–Kier alpha value is -1.84. The molecule has 0 unspecified atom stereocenters. The summed E-state index contributed by atoms with van der Waals surface area (Å²) in [6.07, 6.45) is 4.49. The van der Waals surface area contributed by atoms with E-state index in [1.807, 2.05) is 6.07 Å². The number of phenolic OH excluding ortho intramolecular Hbond substituents is 1. The Kier molecular flexibility index (Phi) is 3.48. The first-order valence-corrected chi connectivity index (χ1v) is 8.93. The van der Waals surface area contributed by atoms with Crippen molar-refractivity contribution in [2.24, 2.45) is 17.3 Å². The third kappa shape index (κ3) is 2.19. The van der Waals surface area contributed by atoms with E-state index < -0.39 is 0 Å². The van der Waals surface area contributed by atoms with E-state index in [-0.39, 0.29) is 29.0 Å². The number of carbonyl (C=O) groups excluding carboxylic acids is 2. The number of rotatable bonds is 1. The second-order valence-electron chi connectivity index (χ2n) is 8.00. The van der Waals surface area contributed by atoms with Gasteiger partial charge in [0.05, 0.1) is 0 Å². The van der Waals surface area contributed by atoms with Crippen LogP contribution >= 0.6 is 0 Å². The van der Waals surface area contributed by atoms with Crippen LogP contribution in [-0.4, -0.2) is 23.0 Å². The lowest BCUT2D eigenvalue weighted by Gasteiger charge is -2.49. The lowest BCUT2D eigenvalue weighted by molar-refractivity contribution is -0.154. The van der Waals surface area contributed by atoms with Crippen molar-refractivity contribution in [2.45, 2.75) is 58.0 Å². The smallest absolute Gasteiger partial charge is 0.302 e. The monoisotopic (exact) mass is 328 g/mol. The Balaban J connectivity index is 1.68.